The molecule has 1 aromatic carbocycles. The van der Waals surface area contributed by atoms with Gasteiger partial charge < -0.3 is 19.9 Å². The fraction of sp³-hybridized carbons (Fsp3) is 0.318. The number of ether oxygens (including phenoxy) is 1. The van der Waals surface area contributed by atoms with Gasteiger partial charge in [0, 0.05) is 36.7 Å². The second-order valence-electron chi connectivity index (χ2n) is 7.32. The molecule has 0 atom stereocenters. The van der Waals surface area contributed by atoms with E-state index < -0.39 is 0 Å². The van der Waals surface area contributed by atoms with E-state index in [4.69, 9.17) is 4.74 Å². The number of aryl methyl sites for hydroxylation is 1. The Morgan fingerprint density at radius 3 is 2.90 bits per heavy atom. The first-order valence-electron chi connectivity index (χ1n) is 9.96. The van der Waals surface area contributed by atoms with Crippen LogP contribution in [0, 0.1) is 6.92 Å². The average Bonchev–Trinajstić information content (AvgIpc) is 3.42. The molecule has 30 heavy (non-hydrogen) atoms. The molecule has 0 spiro atoms. The van der Waals surface area contributed by atoms with Gasteiger partial charge in [0.25, 0.3) is 5.91 Å². The number of amides is 2. The molecule has 0 saturated heterocycles. The lowest BCUT2D eigenvalue weighted by Gasteiger charge is -2.10. The van der Waals surface area contributed by atoms with Crippen molar-refractivity contribution < 1.29 is 14.3 Å². The lowest BCUT2D eigenvalue weighted by Crippen LogP contribution is -2.29. The molecule has 3 aromatic rings. The van der Waals surface area contributed by atoms with Gasteiger partial charge in [0.1, 0.15) is 5.69 Å². The average molecular weight is 407 g/mol. The second kappa shape index (κ2) is 8.54. The minimum absolute atomic E-state index is 0.0263. The summed E-state index contributed by atoms with van der Waals surface area (Å²) in [5.74, 6) is -0.0773. The summed E-state index contributed by atoms with van der Waals surface area (Å²) < 4.78 is 9.42. The molecule has 8 heteroatoms. The Balaban J connectivity index is 1.25. The number of nitrogens with zero attached hydrogens (tertiary/aromatic N) is 3. The summed E-state index contributed by atoms with van der Waals surface area (Å²) in [5.41, 5.74) is 5.56. The number of aromatic nitrogens is 3. The van der Waals surface area contributed by atoms with E-state index in [1.807, 2.05) is 59.6 Å². The van der Waals surface area contributed by atoms with Crippen molar-refractivity contribution in [3.05, 3.63) is 59.5 Å². The molecule has 2 aromatic heterocycles. The van der Waals surface area contributed by atoms with Crippen molar-refractivity contribution in [1.29, 1.82) is 0 Å². The molecule has 8 nitrogen and oxygen atoms in total. The largest absolute Gasteiger partial charge is 0.378 e. The van der Waals surface area contributed by atoms with E-state index in [2.05, 4.69) is 15.7 Å². The Bertz CT molecular complexity index is 1080. The lowest BCUT2D eigenvalue weighted by atomic mass is 10.1. The third kappa shape index (κ3) is 4.13. The third-order valence-corrected chi connectivity index (χ3v) is 5.33. The minimum Gasteiger partial charge on any atom is -0.378 e. The summed E-state index contributed by atoms with van der Waals surface area (Å²) in [4.78, 5) is 23.7. The quantitative estimate of drug-likeness (QED) is 0.560. The summed E-state index contributed by atoms with van der Waals surface area (Å²) in [6.07, 6.45) is 2.17. The van der Waals surface area contributed by atoms with Crippen molar-refractivity contribution >= 4 is 17.5 Å². The van der Waals surface area contributed by atoms with E-state index in [-0.39, 0.29) is 11.8 Å². The van der Waals surface area contributed by atoms with Crippen molar-refractivity contribution in [2.45, 2.75) is 19.9 Å². The van der Waals surface area contributed by atoms with Crippen LogP contribution in [0.2, 0.25) is 0 Å². The molecule has 0 unspecified atom stereocenters. The van der Waals surface area contributed by atoms with Gasteiger partial charge in [-0.3, -0.25) is 14.3 Å². The number of carbonyl (C=O) groups is 2. The van der Waals surface area contributed by atoms with Gasteiger partial charge in [-0.25, -0.2) is 0 Å². The number of anilines is 1. The summed E-state index contributed by atoms with van der Waals surface area (Å²) in [6.45, 7) is 3.92. The van der Waals surface area contributed by atoms with E-state index in [1.165, 1.54) is 0 Å². The molecule has 2 N–H and O–H groups in total. The Hall–Kier alpha value is -3.39. The van der Waals surface area contributed by atoms with Crippen molar-refractivity contribution in [3.63, 3.8) is 0 Å². The smallest absolute Gasteiger partial charge is 0.267 e. The van der Waals surface area contributed by atoms with Crippen LogP contribution in [0.3, 0.4) is 0 Å². The first-order valence-corrected chi connectivity index (χ1v) is 9.96. The highest BCUT2D eigenvalue weighted by Crippen LogP contribution is 2.28. The number of rotatable bonds is 8. The molecule has 156 valence electrons. The van der Waals surface area contributed by atoms with Crippen molar-refractivity contribution in [1.82, 2.24) is 19.7 Å². The van der Waals surface area contributed by atoms with Crippen molar-refractivity contribution in [2.24, 2.45) is 7.05 Å². The minimum atomic E-state index is -0.104. The van der Waals surface area contributed by atoms with E-state index in [0.717, 1.165) is 28.2 Å². The number of carbonyl (C=O) groups excluding carboxylic acids is 2. The molecule has 1 aliphatic rings. The molecular weight excluding hydrogens is 382 g/mol. The standard InChI is InChI=1S/C22H25N5O3/c1-15-3-6-20(26(15)2)22(29)23-9-11-30-12-10-27-19(7-8-24-27)16-4-5-18-17(13-16)14-21(28)25-18/h3-8,13H,9-12,14H2,1-2H3,(H,23,29)(H,25,28). The fourth-order valence-corrected chi connectivity index (χ4v) is 3.57. The van der Waals surface area contributed by atoms with Gasteiger partial charge in [0.05, 0.1) is 31.9 Å². The van der Waals surface area contributed by atoms with Gasteiger partial charge in [-0.2, -0.15) is 5.10 Å². The first-order chi connectivity index (χ1) is 14.5. The Kier molecular flexibility index (Phi) is 5.67. The normalized spacial score (nSPS) is 12.7. The van der Waals surface area contributed by atoms with E-state index in [0.29, 0.717) is 38.4 Å². The van der Waals surface area contributed by atoms with Gasteiger partial charge in [0.2, 0.25) is 5.91 Å². The Labute approximate surface area is 174 Å². The predicted octanol–water partition coefficient (Wildman–Crippen LogP) is 2.14. The zero-order valence-electron chi connectivity index (χ0n) is 17.1. The van der Waals surface area contributed by atoms with Crippen LogP contribution in [0.25, 0.3) is 11.3 Å². The van der Waals surface area contributed by atoms with Crippen molar-refractivity contribution in [2.75, 3.05) is 25.1 Å². The maximum absolute atomic E-state index is 12.2. The third-order valence-electron chi connectivity index (χ3n) is 5.33. The molecule has 0 aliphatic carbocycles. The van der Waals surface area contributed by atoms with Crippen molar-refractivity contribution in [3.8, 4) is 11.3 Å². The van der Waals surface area contributed by atoms with Gasteiger partial charge in [-0.1, -0.05) is 6.07 Å². The molecular formula is C22H25N5O3. The summed E-state index contributed by atoms with van der Waals surface area (Å²) in [7, 11) is 1.87. The first kappa shape index (κ1) is 19.9. The number of hydrogen-bond acceptors (Lipinski definition) is 4. The van der Waals surface area contributed by atoms with Gasteiger partial charge >= 0.3 is 0 Å². The topological polar surface area (TPSA) is 90.2 Å². The molecule has 0 saturated carbocycles. The lowest BCUT2D eigenvalue weighted by molar-refractivity contribution is -0.115. The van der Waals surface area contributed by atoms with Crippen LogP contribution in [0.1, 0.15) is 21.7 Å². The van der Waals surface area contributed by atoms with Gasteiger partial charge in [-0.15, -0.1) is 0 Å². The van der Waals surface area contributed by atoms with E-state index in [1.54, 1.807) is 6.20 Å². The fourth-order valence-electron chi connectivity index (χ4n) is 3.57. The maximum Gasteiger partial charge on any atom is 0.267 e. The number of benzene rings is 1. The van der Waals surface area contributed by atoms with Gasteiger partial charge in [0.15, 0.2) is 0 Å². The molecule has 3 heterocycles. The second-order valence-corrected chi connectivity index (χ2v) is 7.32. The Morgan fingerprint density at radius 2 is 2.10 bits per heavy atom. The molecule has 0 fully saturated rings. The monoisotopic (exact) mass is 407 g/mol. The summed E-state index contributed by atoms with van der Waals surface area (Å²) in [6, 6.07) is 11.6. The maximum atomic E-state index is 12.2. The molecule has 4 rings (SSSR count). The highest BCUT2D eigenvalue weighted by atomic mass is 16.5. The Morgan fingerprint density at radius 1 is 1.23 bits per heavy atom. The SMILES string of the molecule is Cc1ccc(C(=O)NCCOCCn2nccc2-c2ccc3c(c2)CC(=O)N3)n1C. The van der Waals surface area contributed by atoms with Gasteiger partial charge in [-0.05, 0) is 42.8 Å². The van der Waals surface area contributed by atoms with Crippen LogP contribution in [0.5, 0.6) is 0 Å². The molecule has 0 radical (unpaired) electrons. The van der Waals surface area contributed by atoms with Crippen LogP contribution in [0.15, 0.2) is 42.6 Å². The predicted molar refractivity (Wildman–Crippen MR) is 113 cm³/mol. The summed E-state index contributed by atoms with van der Waals surface area (Å²) in [5, 5.41) is 10.1. The highest BCUT2D eigenvalue weighted by Gasteiger charge is 2.18. The van der Waals surface area contributed by atoms with Crippen LogP contribution >= 0.6 is 0 Å². The number of fused-ring (bicyclic) bond motifs is 1. The van der Waals surface area contributed by atoms with E-state index >= 15 is 0 Å². The molecule has 1 aliphatic heterocycles. The summed E-state index contributed by atoms with van der Waals surface area (Å²) >= 11 is 0. The highest BCUT2D eigenvalue weighted by molar-refractivity contribution is 5.99. The molecule has 0 bridgehead atoms. The molecule has 2 amide bonds. The van der Waals surface area contributed by atoms with E-state index in [9.17, 15) is 9.59 Å². The van der Waals surface area contributed by atoms with Crippen LogP contribution in [0.4, 0.5) is 5.69 Å². The zero-order chi connectivity index (χ0) is 21.1. The zero-order valence-corrected chi connectivity index (χ0v) is 17.1. The van der Waals surface area contributed by atoms with Crippen LogP contribution < -0.4 is 10.6 Å². The van der Waals surface area contributed by atoms with Crippen LogP contribution in [-0.2, 0) is 29.5 Å². The number of hydrogen-bond donors (Lipinski definition) is 2. The van der Waals surface area contributed by atoms with Crippen LogP contribution in [-0.4, -0.2) is 45.9 Å². The number of nitrogens with one attached hydrogen (secondary N) is 2.